The van der Waals surface area contributed by atoms with Crippen LogP contribution in [0.5, 0.6) is 0 Å². The molecule has 13 heavy (non-hydrogen) atoms. The fraction of sp³-hybridized carbons (Fsp3) is 0.455. The number of aliphatic hydroxyl groups excluding tert-OH is 1. The van der Waals surface area contributed by atoms with Crippen molar-refractivity contribution in [2.24, 2.45) is 0 Å². The Balaban J connectivity index is 2.11. The SMILES string of the molecule is OCC[C@@H]1CCc2ccccc2N1. The molecule has 2 rings (SSSR count). The lowest BCUT2D eigenvalue weighted by atomic mass is 9.97. The van der Waals surface area contributed by atoms with Gasteiger partial charge in [0.25, 0.3) is 0 Å². The van der Waals surface area contributed by atoms with Crippen molar-refractivity contribution in [3.63, 3.8) is 0 Å². The van der Waals surface area contributed by atoms with Gasteiger partial charge in [0.15, 0.2) is 0 Å². The Labute approximate surface area is 78.6 Å². The van der Waals surface area contributed by atoms with Crippen molar-refractivity contribution < 1.29 is 5.11 Å². The highest BCUT2D eigenvalue weighted by Gasteiger charge is 2.15. The van der Waals surface area contributed by atoms with Gasteiger partial charge in [-0.1, -0.05) is 18.2 Å². The van der Waals surface area contributed by atoms with E-state index in [2.05, 4.69) is 23.5 Å². The van der Waals surface area contributed by atoms with Crippen LogP contribution in [0.15, 0.2) is 24.3 Å². The molecule has 1 heterocycles. The predicted octanol–water partition coefficient (Wildman–Crippen LogP) is 1.80. The van der Waals surface area contributed by atoms with Gasteiger partial charge in [-0.15, -0.1) is 0 Å². The third-order valence-electron chi connectivity index (χ3n) is 2.62. The second-order valence-electron chi connectivity index (χ2n) is 3.55. The zero-order chi connectivity index (χ0) is 9.10. The number of aliphatic hydroxyl groups is 1. The van der Waals surface area contributed by atoms with Gasteiger partial charge in [0.1, 0.15) is 0 Å². The van der Waals surface area contributed by atoms with E-state index in [9.17, 15) is 0 Å². The summed E-state index contributed by atoms with van der Waals surface area (Å²) in [7, 11) is 0. The van der Waals surface area contributed by atoms with E-state index in [0.29, 0.717) is 6.04 Å². The van der Waals surface area contributed by atoms with Crippen LogP contribution < -0.4 is 5.32 Å². The van der Waals surface area contributed by atoms with Crippen LogP contribution in [0.3, 0.4) is 0 Å². The maximum Gasteiger partial charge on any atom is 0.0450 e. The first kappa shape index (κ1) is 8.57. The average molecular weight is 177 g/mol. The Hall–Kier alpha value is -1.02. The van der Waals surface area contributed by atoms with E-state index in [1.54, 1.807) is 0 Å². The standard InChI is InChI=1S/C11H15NO/c13-8-7-10-6-5-9-3-1-2-4-11(9)12-10/h1-4,10,12-13H,5-8H2/t10-/m0/s1. The fourth-order valence-electron chi connectivity index (χ4n) is 1.87. The van der Waals surface area contributed by atoms with Crippen LogP contribution in [-0.2, 0) is 6.42 Å². The molecule has 0 bridgehead atoms. The third-order valence-corrected chi connectivity index (χ3v) is 2.62. The molecule has 70 valence electrons. The number of rotatable bonds is 2. The van der Waals surface area contributed by atoms with Crippen LogP contribution in [0.2, 0.25) is 0 Å². The van der Waals surface area contributed by atoms with Crippen LogP contribution >= 0.6 is 0 Å². The number of nitrogens with one attached hydrogen (secondary N) is 1. The van der Waals surface area contributed by atoms with E-state index < -0.39 is 0 Å². The van der Waals surface area contributed by atoms with Gasteiger partial charge in [-0.05, 0) is 30.9 Å². The number of para-hydroxylation sites is 1. The Morgan fingerprint density at radius 1 is 1.38 bits per heavy atom. The van der Waals surface area contributed by atoms with Gasteiger partial charge < -0.3 is 10.4 Å². The van der Waals surface area contributed by atoms with Crippen molar-refractivity contribution in [1.82, 2.24) is 0 Å². The smallest absolute Gasteiger partial charge is 0.0450 e. The summed E-state index contributed by atoms with van der Waals surface area (Å²) in [6.07, 6.45) is 3.12. The maximum absolute atomic E-state index is 8.83. The molecule has 1 aliphatic heterocycles. The first-order valence-electron chi connectivity index (χ1n) is 4.85. The summed E-state index contributed by atoms with van der Waals surface area (Å²) >= 11 is 0. The molecular formula is C11H15NO. The minimum atomic E-state index is 0.278. The molecule has 2 nitrogen and oxygen atoms in total. The molecule has 0 spiro atoms. The third kappa shape index (κ3) is 1.83. The highest BCUT2D eigenvalue weighted by Crippen LogP contribution is 2.25. The number of aryl methyl sites for hydroxylation is 1. The molecule has 1 aliphatic rings. The Morgan fingerprint density at radius 3 is 3.08 bits per heavy atom. The lowest BCUT2D eigenvalue weighted by Crippen LogP contribution is -2.26. The molecular weight excluding hydrogens is 162 g/mol. The molecule has 1 aromatic carbocycles. The zero-order valence-electron chi connectivity index (χ0n) is 7.66. The largest absolute Gasteiger partial charge is 0.396 e. The minimum Gasteiger partial charge on any atom is -0.396 e. The van der Waals surface area contributed by atoms with Crippen molar-refractivity contribution in [2.45, 2.75) is 25.3 Å². The number of hydrogen-bond donors (Lipinski definition) is 2. The van der Waals surface area contributed by atoms with Crippen molar-refractivity contribution in [3.8, 4) is 0 Å². The van der Waals surface area contributed by atoms with E-state index in [1.807, 2.05) is 6.07 Å². The molecule has 0 saturated carbocycles. The molecule has 0 radical (unpaired) electrons. The number of fused-ring (bicyclic) bond motifs is 1. The van der Waals surface area contributed by atoms with Crippen molar-refractivity contribution in [2.75, 3.05) is 11.9 Å². The maximum atomic E-state index is 8.83. The number of anilines is 1. The Kier molecular flexibility index (Phi) is 2.50. The molecule has 2 N–H and O–H groups in total. The predicted molar refractivity (Wildman–Crippen MR) is 53.9 cm³/mol. The van der Waals surface area contributed by atoms with Gasteiger partial charge in [0.2, 0.25) is 0 Å². The fourth-order valence-corrected chi connectivity index (χ4v) is 1.87. The summed E-state index contributed by atoms with van der Waals surface area (Å²) in [5, 5.41) is 12.3. The lowest BCUT2D eigenvalue weighted by molar-refractivity contribution is 0.276. The van der Waals surface area contributed by atoms with Gasteiger partial charge in [-0.3, -0.25) is 0 Å². The van der Waals surface area contributed by atoms with E-state index in [-0.39, 0.29) is 6.61 Å². The molecule has 0 aliphatic carbocycles. The summed E-state index contributed by atoms with van der Waals surface area (Å²) in [6, 6.07) is 8.86. The molecule has 1 atom stereocenters. The lowest BCUT2D eigenvalue weighted by Gasteiger charge is -2.26. The first-order chi connectivity index (χ1) is 6.40. The summed E-state index contributed by atoms with van der Waals surface area (Å²) in [6.45, 7) is 0.278. The zero-order valence-corrected chi connectivity index (χ0v) is 7.66. The second kappa shape index (κ2) is 3.79. The first-order valence-corrected chi connectivity index (χ1v) is 4.85. The van der Waals surface area contributed by atoms with Crippen LogP contribution in [0.4, 0.5) is 5.69 Å². The van der Waals surface area contributed by atoms with Crippen molar-refractivity contribution in [1.29, 1.82) is 0 Å². The summed E-state index contributed by atoms with van der Waals surface area (Å²) in [4.78, 5) is 0. The van der Waals surface area contributed by atoms with Gasteiger partial charge in [-0.2, -0.15) is 0 Å². The van der Waals surface area contributed by atoms with Crippen molar-refractivity contribution in [3.05, 3.63) is 29.8 Å². The van der Waals surface area contributed by atoms with Gasteiger partial charge in [-0.25, -0.2) is 0 Å². The summed E-state index contributed by atoms with van der Waals surface area (Å²) < 4.78 is 0. The molecule has 0 amide bonds. The number of hydrogen-bond acceptors (Lipinski definition) is 2. The van der Waals surface area contributed by atoms with Crippen molar-refractivity contribution >= 4 is 5.69 Å². The minimum absolute atomic E-state index is 0.278. The normalized spacial score (nSPS) is 20.5. The van der Waals surface area contributed by atoms with E-state index >= 15 is 0 Å². The monoisotopic (exact) mass is 177 g/mol. The Morgan fingerprint density at radius 2 is 2.23 bits per heavy atom. The highest BCUT2D eigenvalue weighted by atomic mass is 16.3. The van der Waals surface area contributed by atoms with Crippen LogP contribution in [0.1, 0.15) is 18.4 Å². The topological polar surface area (TPSA) is 32.3 Å². The Bertz CT molecular complexity index is 285. The van der Waals surface area contributed by atoms with Crippen LogP contribution in [0, 0.1) is 0 Å². The molecule has 0 fully saturated rings. The summed E-state index contributed by atoms with van der Waals surface area (Å²) in [5.41, 5.74) is 2.64. The van der Waals surface area contributed by atoms with Gasteiger partial charge >= 0.3 is 0 Å². The number of benzene rings is 1. The highest BCUT2D eigenvalue weighted by molar-refractivity contribution is 5.53. The van der Waals surface area contributed by atoms with Gasteiger partial charge in [0.05, 0.1) is 0 Å². The van der Waals surface area contributed by atoms with E-state index in [4.69, 9.17) is 5.11 Å². The molecule has 0 unspecified atom stereocenters. The molecule has 1 aromatic rings. The average Bonchev–Trinajstić information content (AvgIpc) is 2.18. The van der Waals surface area contributed by atoms with Gasteiger partial charge in [0, 0.05) is 18.3 Å². The van der Waals surface area contributed by atoms with E-state index in [0.717, 1.165) is 19.3 Å². The molecule has 0 saturated heterocycles. The quantitative estimate of drug-likeness (QED) is 0.722. The van der Waals surface area contributed by atoms with E-state index in [1.165, 1.54) is 11.3 Å². The molecule has 2 heteroatoms. The molecule has 0 aromatic heterocycles. The van der Waals surface area contributed by atoms with Crippen LogP contribution in [0.25, 0.3) is 0 Å². The summed E-state index contributed by atoms with van der Waals surface area (Å²) in [5.74, 6) is 0. The van der Waals surface area contributed by atoms with Crippen LogP contribution in [-0.4, -0.2) is 17.8 Å². The second-order valence-corrected chi connectivity index (χ2v) is 3.55.